The largest absolute Gasteiger partial charge is 0.490 e. The monoisotopic (exact) mass is 240 g/mol. The number of allylic oxidation sites excluding steroid dienone is 1. The van der Waals surface area contributed by atoms with Crippen molar-refractivity contribution in [3.8, 4) is 0 Å². The molecule has 0 aromatic carbocycles. The molecule has 1 saturated heterocycles. The van der Waals surface area contributed by atoms with Gasteiger partial charge in [-0.1, -0.05) is 0 Å². The van der Waals surface area contributed by atoms with Gasteiger partial charge in [-0.25, -0.2) is 4.39 Å². The van der Waals surface area contributed by atoms with Crippen LogP contribution < -0.4 is 0 Å². The summed E-state index contributed by atoms with van der Waals surface area (Å²) >= 11 is 0. The van der Waals surface area contributed by atoms with Gasteiger partial charge < -0.3 is 9.31 Å². The minimum absolute atomic E-state index is 0.302. The van der Waals surface area contributed by atoms with E-state index in [9.17, 15) is 17.6 Å². The highest BCUT2D eigenvalue weighted by molar-refractivity contribution is 6.51. The average molecular weight is 240 g/mol. The van der Waals surface area contributed by atoms with Crippen molar-refractivity contribution in [2.24, 2.45) is 0 Å². The molecule has 0 unspecified atom stereocenters. The summed E-state index contributed by atoms with van der Waals surface area (Å²) in [6.07, 6.45) is -5.00. The van der Waals surface area contributed by atoms with Crippen molar-refractivity contribution in [3.63, 3.8) is 0 Å². The van der Waals surface area contributed by atoms with Crippen molar-refractivity contribution in [1.29, 1.82) is 0 Å². The Bertz CT molecular complexity index is 293. The average Bonchev–Trinajstić information content (AvgIpc) is 2.17. The van der Waals surface area contributed by atoms with E-state index in [0.717, 1.165) is 0 Å². The predicted octanol–water partition coefficient (Wildman–Crippen LogP) is 3.03. The van der Waals surface area contributed by atoms with Crippen LogP contribution in [0.15, 0.2) is 11.8 Å². The third kappa shape index (κ3) is 2.57. The molecule has 0 aliphatic carbocycles. The summed E-state index contributed by atoms with van der Waals surface area (Å²) in [5.74, 6) is -1.90. The highest BCUT2D eigenvalue weighted by Gasteiger charge is 2.51. The Morgan fingerprint density at radius 1 is 1.06 bits per heavy atom. The smallest absolute Gasteiger partial charge is 0.400 e. The fourth-order valence-corrected chi connectivity index (χ4v) is 1.17. The molecular weight excluding hydrogens is 227 g/mol. The molecule has 0 aromatic heterocycles. The van der Waals surface area contributed by atoms with Crippen LogP contribution in [0.1, 0.15) is 27.7 Å². The summed E-state index contributed by atoms with van der Waals surface area (Å²) in [4.78, 5) is 0. The van der Waals surface area contributed by atoms with Gasteiger partial charge in [-0.05, 0) is 33.7 Å². The zero-order valence-corrected chi connectivity index (χ0v) is 9.48. The van der Waals surface area contributed by atoms with E-state index in [1.807, 2.05) is 0 Å². The maximum absolute atomic E-state index is 12.6. The van der Waals surface area contributed by atoms with Gasteiger partial charge in [0.15, 0.2) is 5.83 Å². The van der Waals surface area contributed by atoms with Crippen molar-refractivity contribution >= 4 is 7.12 Å². The Hall–Kier alpha value is -0.555. The van der Waals surface area contributed by atoms with Crippen LogP contribution in [0, 0.1) is 0 Å². The van der Waals surface area contributed by atoms with E-state index in [1.54, 1.807) is 27.7 Å². The van der Waals surface area contributed by atoms with Crippen LogP contribution in [-0.4, -0.2) is 24.5 Å². The molecule has 2 nitrogen and oxygen atoms in total. The lowest BCUT2D eigenvalue weighted by atomic mass is 9.89. The second kappa shape index (κ2) is 3.73. The van der Waals surface area contributed by atoms with Gasteiger partial charge in [-0.2, -0.15) is 13.2 Å². The molecule has 0 N–H and O–H groups in total. The number of hydrogen-bond donors (Lipinski definition) is 0. The number of alkyl halides is 3. The Balaban J connectivity index is 2.82. The van der Waals surface area contributed by atoms with Crippen LogP contribution >= 0.6 is 0 Å². The first-order valence-corrected chi connectivity index (χ1v) is 4.76. The van der Waals surface area contributed by atoms with Gasteiger partial charge in [0.1, 0.15) is 0 Å². The molecule has 16 heavy (non-hydrogen) atoms. The van der Waals surface area contributed by atoms with E-state index in [2.05, 4.69) is 0 Å². The van der Waals surface area contributed by atoms with Gasteiger partial charge in [-0.15, -0.1) is 0 Å². The first-order valence-electron chi connectivity index (χ1n) is 4.76. The third-order valence-electron chi connectivity index (χ3n) is 2.82. The minimum atomic E-state index is -5.00. The topological polar surface area (TPSA) is 18.5 Å². The maximum atomic E-state index is 12.6. The minimum Gasteiger partial charge on any atom is -0.400 e. The molecule has 1 aliphatic rings. The van der Waals surface area contributed by atoms with E-state index >= 15 is 0 Å². The zero-order valence-electron chi connectivity index (χ0n) is 9.48. The molecule has 0 radical (unpaired) electrons. The van der Waals surface area contributed by atoms with Gasteiger partial charge in [0.2, 0.25) is 0 Å². The molecule has 0 atom stereocenters. The van der Waals surface area contributed by atoms with Gasteiger partial charge in [0.25, 0.3) is 0 Å². The maximum Gasteiger partial charge on any atom is 0.490 e. The molecular formula is C9H13BF4O2. The van der Waals surface area contributed by atoms with Crippen LogP contribution in [0.3, 0.4) is 0 Å². The quantitative estimate of drug-likeness (QED) is 0.518. The van der Waals surface area contributed by atoms with Crippen molar-refractivity contribution in [3.05, 3.63) is 11.8 Å². The molecule has 1 heterocycles. The SMILES string of the molecule is CC1(C)OB(/C=C(/F)C(F)(F)F)OC1(C)C. The summed E-state index contributed by atoms with van der Waals surface area (Å²) in [6, 6.07) is 0. The number of rotatable bonds is 1. The Labute approximate surface area is 91.7 Å². The summed E-state index contributed by atoms with van der Waals surface area (Å²) in [5, 5.41) is 0. The molecule has 92 valence electrons. The van der Waals surface area contributed by atoms with Gasteiger partial charge in [0, 0.05) is 0 Å². The third-order valence-corrected chi connectivity index (χ3v) is 2.82. The Kier molecular flexibility index (Phi) is 3.15. The van der Waals surface area contributed by atoms with Gasteiger partial charge >= 0.3 is 13.3 Å². The highest BCUT2D eigenvalue weighted by Crippen LogP contribution is 2.38. The lowest BCUT2D eigenvalue weighted by Gasteiger charge is -2.32. The first kappa shape index (κ1) is 13.5. The summed E-state index contributed by atoms with van der Waals surface area (Å²) < 4.78 is 58.8. The van der Waals surface area contributed by atoms with E-state index < -0.39 is 30.3 Å². The number of hydrogen-bond acceptors (Lipinski definition) is 2. The molecule has 1 fully saturated rings. The zero-order chi connectivity index (χ0) is 12.8. The lowest BCUT2D eigenvalue weighted by Crippen LogP contribution is -2.41. The molecule has 0 spiro atoms. The van der Waals surface area contributed by atoms with Crippen LogP contribution in [0.4, 0.5) is 17.6 Å². The molecule has 0 bridgehead atoms. The highest BCUT2D eigenvalue weighted by atomic mass is 19.4. The van der Waals surface area contributed by atoms with Crippen molar-refractivity contribution in [1.82, 2.24) is 0 Å². The van der Waals surface area contributed by atoms with Crippen LogP contribution in [-0.2, 0) is 9.31 Å². The molecule has 7 heteroatoms. The Morgan fingerprint density at radius 2 is 1.44 bits per heavy atom. The normalized spacial score (nSPS) is 25.0. The predicted molar refractivity (Wildman–Crippen MR) is 51.3 cm³/mol. The molecule has 0 saturated carbocycles. The van der Waals surface area contributed by atoms with Crippen molar-refractivity contribution in [2.75, 3.05) is 0 Å². The Morgan fingerprint density at radius 3 is 1.75 bits per heavy atom. The van der Waals surface area contributed by atoms with E-state index in [1.165, 1.54) is 0 Å². The molecule has 1 aliphatic heterocycles. The molecule has 0 amide bonds. The number of halogens is 4. The van der Waals surface area contributed by atoms with E-state index in [0.29, 0.717) is 5.98 Å². The van der Waals surface area contributed by atoms with Gasteiger partial charge in [-0.3, -0.25) is 0 Å². The standard InChI is InChI=1S/C9H13BF4O2/c1-7(2)8(3,4)16-10(15-7)5-6(11)9(12,13)14/h5H,1-4H3/b6-5+. The lowest BCUT2D eigenvalue weighted by molar-refractivity contribution is -0.108. The second-order valence-electron chi connectivity index (χ2n) is 4.64. The fraction of sp³-hybridized carbons (Fsp3) is 0.778. The second-order valence-corrected chi connectivity index (χ2v) is 4.64. The van der Waals surface area contributed by atoms with Crippen LogP contribution in [0.2, 0.25) is 0 Å². The fourth-order valence-electron chi connectivity index (χ4n) is 1.17. The van der Waals surface area contributed by atoms with Crippen molar-refractivity contribution < 1.29 is 26.9 Å². The first-order chi connectivity index (χ1) is 6.96. The van der Waals surface area contributed by atoms with Crippen LogP contribution in [0.5, 0.6) is 0 Å². The van der Waals surface area contributed by atoms with Gasteiger partial charge in [0.05, 0.1) is 11.2 Å². The summed E-state index contributed by atoms with van der Waals surface area (Å²) in [7, 11) is -1.31. The van der Waals surface area contributed by atoms with E-state index in [4.69, 9.17) is 9.31 Å². The van der Waals surface area contributed by atoms with Crippen LogP contribution in [0.25, 0.3) is 0 Å². The van der Waals surface area contributed by atoms with Crippen molar-refractivity contribution in [2.45, 2.75) is 45.1 Å². The molecule has 1 rings (SSSR count). The summed E-state index contributed by atoms with van der Waals surface area (Å²) in [6.45, 7) is 6.69. The summed E-state index contributed by atoms with van der Waals surface area (Å²) in [5.41, 5.74) is -1.56. The molecule has 0 aromatic rings. The van der Waals surface area contributed by atoms with E-state index in [-0.39, 0.29) is 0 Å².